The summed E-state index contributed by atoms with van der Waals surface area (Å²) in [6.45, 7) is 1.31. The Hall–Kier alpha value is -4.01. The summed E-state index contributed by atoms with van der Waals surface area (Å²) < 4.78 is 0. The number of hydrogen-bond donors (Lipinski definition) is 3. The van der Waals surface area contributed by atoms with E-state index in [0.29, 0.717) is 37.1 Å². The van der Waals surface area contributed by atoms with Crippen molar-refractivity contribution in [2.24, 2.45) is 5.92 Å². The molecule has 3 N–H and O–H groups in total. The third-order valence-corrected chi connectivity index (χ3v) is 4.88. The number of carbonyl (C=O) groups excluding carboxylic acids is 2. The number of amides is 2. The minimum atomic E-state index is -0.346. The van der Waals surface area contributed by atoms with Crippen molar-refractivity contribution in [1.29, 1.82) is 0 Å². The molecule has 0 aliphatic carbocycles. The molecule has 2 amide bonds. The van der Waals surface area contributed by atoms with Crippen molar-refractivity contribution < 1.29 is 9.59 Å². The molecule has 1 fully saturated rings. The Morgan fingerprint density at radius 2 is 1.77 bits per heavy atom. The number of rotatable bonds is 8. The Kier molecular flexibility index (Phi) is 6.32. The fourth-order valence-corrected chi connectivity index (χ4v) is 3.35. The van der Waals surface area contributed by atoms with Crippen LogP contribution in [0.4, 0.5) is 23.1 Å². The van der Waals surface area contributed by atoms with E-state index in [1.807, 2.05) is 48.5 Å². The van der Waals surface area contributed by atoms with Gasteiger partial charge >= 0.3 is 0 Å². The quantitative estimate of drug-likeness (QED) is 0.482. The lowest BCUT2D eigenvalue weighted by molar-refractivity contribution is -0.126. The van der Waals surface area contributed by atoms with Gasteiger partial charge in [0.25, 0.3) is 0 Å². The predicted octanol–water partition coefficient (Wildman–Crippen LogP) is 2.20. The van der Waals surface area contributed by atoms with E-state index in [-0.39, 0.29) is 24.2 Å². The van der Waals surface area contributed by atoms with Crippen molar-refractivity contribution in [2.45, 2.75) is 6.42 Å². The Morgan fingerprint density at radius 3 is 2.58 bits per heavy atom. The Bertz CT molecular complexity index is 1030. The molecule has 31 heavy (non-hydrogen) atoms. The molecule has 3 heterocycles. The van der Waals surface area contributed by atoms with Crippen LogP contribution in [-0.2, 0) is 9.59 Å². The molecule has 1 aliphatic rings. The number of anilines is 4. The number of hydrogen-bond acceptors (Lipinski definition) is 7. The van der Waals surface area contributed by atoms with Crippen molar-refractivity contribution in [3.63, 3.8) is 0 Å². The second-order valence-corrected chi connectivity index (χ2v) is 7.09. The van der Waals surface area contributed by atoms with E-state index in [1.165, 1.54) is 6.33 Å². The maximum Gasteiger partial charge on any atom is 0.227 e. The van der Waals surface area contributed by atoms with Gasteiger partial charge in [-0.25, -0.2) is 15.0 Å². The van der Waals surface area contributed by atoms with Gasteiger partial charge < -0.3 is 20.9 Å². The van der Waals surface area contributed by atoms with Gasteiger partial charge in [-0.3, -0.25) is 9.59 Å². The molecule has 0 saturated carbocycles. The Balaban J connectivity index is 1.23. The third kappa shape index (κ3) is 5.33. The average molecular weight is 417 g/mol. The lowest BCUT2D eigenvalue weighted by Crippen LogP contribution is -2.35. The molecule has 1 unspecified atom stereocenters. The van der Waals surface area contributed by atoms with E-state index < -0.39 is 0 Å². The Morgan fingerprint density at radius 1 is 0.968 bits per heavy atom. The smallest absolute Gasteiger partial charge is 0.227 e. The highest BCUT2D eigenvalue weighted by Gasteiger charge is 2.34. The van der Waals surface area contributed by atoms with Crippen molar-refractivity contribution in [2.75, 3.05) is 35.2 Å². The number of pyridine rings is 1. The largest absolute Gasteiger partial charge is 0.368 e. The molecule has 1 aliphatic heterocycles. The number of para-hydroxylation sites is 1. The first kappa shape index (κ1) is 20.3. The van der Waals surface area contributed by atoms with Crippen LogP contribution in [0.3, 0.4) is 0 Å². The molecular weight excluding hydrogens is 394 g/mol. The summed E-state index contributed by atoms with van der Waals surface area (Å²) >= 11 is 0. The van der Waals surface area contributed by atoms with Gasteiger partial charge in [0.05, 0.1) is 5.92 Å². The fraction of sp³-hybridized carbons (Fsp3) is 0.227. The van der Waals surface area contributed by atoms with Crippen LogP contribution in [0, 0.1) is 5.92 Å². The molecule has 9 heteroatoms. The van der Waals surface area contributed by atoms with Crippen LogP contribution in [0.1, 0.15) is 6.42 Å². The zero-order valence-corrected chi connectivity index (χ0v) is 16.9. The van der Waals surface area contributed by atoms with E-state index in [1.54, 1.807) is 17.2 Å². The van der Waals surface area contributed by atoms with Gasteiger partial charge in [0, 0.05) is 44.0 Å². The average Bonchev–Trinajstić information content (AvgIpc) is 3.20. The lowest BCUT2D eigenvalue weighted by atomic mass is 10.1. The monoisotopic (exact) mass is 417 g/mol. The van der Waals surface area contributed by atoms with Gasteiger partial charge in [-0.2, -0.15) is 0 Å². The number of carbonyl (C=O) groups is 2. The van der Waals surface area contributed by atoms with Crippen LogP contribution in [0.2, 0.25) is 0 Å². The van der Waals surface area contributed by atoms with Gasteiger partial charge in [0.1, 0.15) is 23.8 Å². The van der Waals surface area contributed by atoms with Gasteiger partial charge in [-0.15, -0.1) is 0 Å². The Labute approximate surface area is 179 Å². The van der Waals surface area contributed by atoms with Crippen molar-refractivity contribution in [3.8, 4) is 0 Å². The SMILES string of the molecule is O=C(NCCNc1cc(Nc2ccccn2)ncn1)C1CC(=O)N(c2ccccc2)C1. The molecule has 0 bridgehead atoms. The maximum absolute atomic E-state index is 12.5. The van der Waals surface area contributed by atoms with Crippen molar-refractivity contribution in [3.05, 3.63) is 67.1 Å². The van der Waals surface area contributed by atoms with Crippen LogP contribution in [0.15, 0.2) is 67.1 Å². The standard InChI is InChI=1S/C22H23N7O2/c30-21-12-16(14-29(21)17-6-2-1-3-7-17)22(31)25-11-10-24-19-13-20(27-15-26-19)28-18-8-4-5-9-23-18/h1-9,13,15-16H,10-12,14H2,(H,25,31)(H2,23,24,26,27,28). The van der Waals surface area contributed by atoms with Crippen LogP contribution in [0.25, 0.3) is 0 Å². The second kappa shape index (κ2) is 9.66. The fourth-order valence-electron chi connectivity index (χ4n) is 3.35. The molecule has 0 radical (unpaired) electrons. The van der Waals surface area contributed by atoms with Crippen LogP contribution in [-0.4, -0.2) is 46.4 Å². The first-order chi connectivity index (χ1) is 15.2. The van der Waals surface area contributed by atoms with Crippen LogP contribution in [0.5, 0.6) is 0 Å². The molecule has 1 saturated heterocycles. The molecular formula is C22H23N7O2. The third-order valence-electron chi connectivity index (χ3n) is 4.88. The zero-order chi connectivity index (χ0) is 21.5. The minimum absolute atomic E-state index is 0.0293. The van der Waals surface area contributed by atoms with E-state index in [0.717, 1.165) is 5.69 Å². The molecule has 0 spiro atoms. The summed E-state index contributed by atoms with van der Waals surface area (Å²) in [5.74, 6) is 1.45. The second-order valence-electron chi connectivity index (χ2n) is 7.09. The number of benzene rings is 1. The summed E-state index contributed by atoms with van der Waals surface area (Å²) in [6.07, 6.45) is 3.37. The van der Waals surface area contributed by atoms with Gasteiger partial charge in [-0.1, -0.05) is 24.3 Å². The molecule has 9 nitrogen and oxygen atoms in total. The van der Waals surface area contributed by atoms with Crippen molar-refractivity contribution >= 4 is 35.0 Å². The number of nitrogens with one attached hydrogen (secondary N) is 3. The minimum Gasteiger partial charge on any atom is -0.368 e. The van der Waals surface area contributed by atoms with Crippen molar-refractivity contribution in [1.82, 2.24) is 20.3 Å². The molecule has 1 aromatic carbocycles. The van der Waals surface area contributed by atoms with Gasteiger partial charge in [0.15, 0.2) is 0 Å². The highest BCUT2D eigenvalue weighted by molar-refractivity contribution is 6.00. The van der Waals surface area contributed by atoms with Gasteiger partial charge in [0.2, 0.25) is 11.8 Å². The summed E-state index contributed by atoms with van der Waals surface area (Å²) in [6, 6.07) is 16.8. The molecule has 1 atom stereocenters. The first-order valence-corrected chi connectivity index (χ1v) is 10.1. The number of nitrogens with zero attached hydrogens (tertiary/aromatic N) is 4. The highest BCUT2D eigenvalue weighted by Crippen LogP contribution is 2.24. The van der Waals surface area contributed by atoms with E-state index in [9.17, 15) is 9.59 Å². The zero-order valence-electron chi connectivity index (χ0n) is 16.9. The maximum atomic E-state index is 12.5. The summed E-state index contributed by atoms with van der Waals surface area (Å²) in [7, 11) is 0. The van der Waals surface area contributed by atoms with E-state index in [4.69, 9.17) is 0 Å². The molecule has 158 valence electrons. The normalized spacial score (nSPS) is 15.5. The first-order valence-electron chi connectivity index (χ1n) is 10.1. The predicted molar refractivity (Wildman–Crippen MR) is 118 cm³/mol. The van der Waals surface area contributed by atoms with E-state index in [2.05, 4.69) is 30.9 Å². The molecule has 3 aromatic rings. The summed E-state index contributed by atoms with van der Waals surface area (Å²) in [5, 5.41) is 9.15. The topological polar surface area (TPSA) is 112 Å². The lowest BCUT2D eigenvalue weighted by Gasteiger charge is -2.16. The molecule has 4 rings (SSSR count). The van der Waals surface area contributed by atoms with Gasteiger partial charge in [-0.05, 0) is 24.3 Å². The van der Waals surface area contributed by atoms with E-state index >= 15 is 0 Å². The summed E-state index contributed by atoms with van der Waals surface area (Å²) in [5.41, 5.74) is 0.823. The van der Waals surface area contributed by atoms with Crippen LogP contribution < -0.4 is 20.9 Å². The molecule has 2 aromatic heterocycles. The number of aromatic nitrogens is 3. The van der Waals surface area contributed by atoms with Crippen LogP contribution >= 0.6 is 0 Å². The highest BCUT2D eigenvalue weighted by atomic mass is 16.2. The summed E-state index contributed by atoms with van der Waals surface area (Å²) in [4.78, 5) is 39.0.